The largest absolute Gasteiger partial charge is 0.466 e. The van der Waals surface area contributed by atoms with Crippen LogP contribution in [0.25, 0.3) is 0 Å². The fraction of sp³-hybridized carbons (Fsp3) is 0.400. The van der Waals surface area contributed by atoms with E-state index in [1.54, 1.807) is 18.4 Å². The molecule has 0 spiro atoms. The molecule has 15 heavy (non-hydrogen) atoms. The summed E-state index contributed by atoms with van der Waals surface area (Å²) in [6, 6.07) is 1.74. The van der Waals surface area contributed by atoms with Gasteiger partial charge in [0.2, 0.25) is 0 Å². The van der Waals surface area contributed by atoms with Crippen LogP contribution >= 0.6 is 27.3 Å². The molecule has 3 nitrogen and oxygen atoms in total. The van der Waals surface area contributed by atoms with Gasteiger partial charge in [-0.3, -0.25) is 9.59 Å². The van der Waals surface area contributed by atoms with Crippen molar-refractivity contribution >= 4 is 39.0 Å². The van der Waals surface area contributed by atoms with Crippen molar-refractivity contribution in [3.8, 4) is 0 Å². The van der Waals surface area contributed by atoms with Crippen molar-refractivity contribution in [2.75, 3.05) is 6.61 Å². The zero-order valence-electron chi connectivity index (χ0n) is 8.23. The monoisotopic (exact) mass is 290 g/mol. The van der Waals surface area contributed by atoms with Crippen molar-refractivity contribution in [1.82, 2.24) is 0 Å². The molecule has 0 aliphatic rings. The van der Waals surface area contributed by atoms with E-state index in [1.165, 1.54) is 11.3 Å². The molecule has 82 valence electrons. The second-order valence-corrected chi connectivity index (χ2v) is 4.74. The van der Waals surface area contributed by atoms with E-state index >= 15 is 0 Å². The smallest absolute Gasteiger partial charge is 0.307 e. The number of carbonyl (C=O) groups is 2. The standard InChI is InChI=1S/C10H11BrO3S/c1-2-14-9(12)5-8(11)10(13)7-3-4-15-6-7/h3-4,6,8H,2,5H2,1H3. The van der Waals surface area contributed by atoms with Gasteiger partial charge < -0.3 is 4.74 Å². The number of Topliss-reactive ketones (excluding diaryl/α,β-unsaturated/α-hetero) is 1. The molecule has 0 saturated carbocycles. The second kappa shape index (κ2) is 6.02. The number of alkyl halides is 1. The summed E-state index contributed by atoms with van der Waals surface area (Å²) in [4.78, 5) is 22.3. The fourth-order valence-electron chi connectivity index (χ4n) is 1.04. The van der Waals surface area contributed by atoms with Crippen LogP contribution in [0.1, 0.15) is 23.7 Å². The third kappa shape index (κ3) is 3.76. The van der Waals surface area contributed by atoms with Crippen LogP contribution in [-0.2, 0) is 9.53 Å². The van der Waals surface area contributed by atoms with Crippen LogP contribution in [0.4, 0.5) is 0 Å². The quantitative estimate of drug-likeness (QED) is 0.476. The van der Waals surface area contributed by atoms with Crippen LogP contribution in [-0.4, -0.2) is 23.2 Å². The van der Waals surface area contributed by atoms with Gasteiger partial charge in [0, 0.05) is 10.9 Å². The molecule has 5 heteroatoms. The van der Waals surface area contributed by atoms with E-state index in [0.717, 1.165) is 0 Å². The van der Waals surface area contributed by atoms with E-state index in [0.29, 0.717) is 12.2 Å². The van der Waals surface area contributed by atoms with Gasteiger partial charge >= 0.3 is 5.97 Å². The number of hydrogen-bond acceptors (Lipinski definition) is 4. The van der Waals surface area contributed by atoms with Crippen molar-refractivity contribution in [2.24, 2.45) is 0 Å². The second-order valence-electron chi connectivity index (χ2n) is 2.85. The van der Waals surface area contributed by atoms with Gasteiger partial charge in [-0.1, -0.05) is 15.9 Å². The number of rotatable bonds is 5. The number of carbonyl (C=O) groups excluding carboxylic acids is 2. The van der Waals surface area contributed by atoms with Crippen LogP contribution in [0, 0.1) is 0 Å². The summed E-state index contributed by atoms with van der Waals surface area (Å²) in [5.74, 6) is -0.438. The lowest BCUT2D eigenvalue weighted by molar-refractivity contribution is -0.142. The molecule has 1 unspecified atom stereocenters. The minimum atomic E-state index is -0.494. The topological polar surface area (TPSA) is 43.4 Å². The summed E-state index contributed by atoms with van der Waals surface area (Å²) in [6.45, 7) is 2.08. The normalized spacial score (nSPS) is 12.1. The number of hydrogen-bond donors (Lipinski definition) is 0. The zero-order chi connectivity index (χ0) is 11.3. The molecule has 0 aliphatic carbocycles. The van der Waals surface area contributed by atoms with Crippen molar-refractivity contribution in [3.05, 3.63) is 22.4 Å². The lowest BCUT2D eigenvalue weighted by Gasteiger charge is -2.06. The first-order chi connectivity index (χ1) is 7.15. The van der Waals surface area contributed by atoms with Gasteiger partial charge in [0.05, 0.1) is 17.9 Å². The van der Waals surface area contributed by atoms with Crippen molar-refractivity contribution in [3.63, 3.8) is 0 Å². The van der Waals surface area contributed by atoms with Gasteiger partial charge in [0.1, 0.15) is 0 Å². The van der Waals surface area contributed by atoms with Gasteiger partial charge in [-0.25, -0.2) is 0 Å². The average molecular weight is 291 g/mol. The number of ketones is 1. The lowest BCUT2D eigenvalue weighted by atomic mass is 10.1. The molecule has 0 saturated heterocycles. The number of halogens is 1. The van der Waals surface area contributed by atoms with Gasteiger partial charge in [-0.05, 0) is 18.4 Å². The number of thiophene rings is 1. The molecule has 0 aromatic carbocycles. The highest BCUT2D eigenvalue weighted by Gasteiger charge is 2.20. The van der Waals surface area contributed by atoms with E-state index in [4.69, 9.17) is 4.74 Å². The fourth-order valence-corrected chi connectivity index (χ4v) is 2.22. The molecule has 1 atom stereocenters. The first-order valence-corrected chi connectivity index (χ1v) is 6.37. The maximum Gasteiger partial charge on any atom is 0.307 e. The zero-order valence-corrected chi connectivity index (χ0v) is 10.6. The molecule has 1 aromatic heterocycles. The SMILES string of the molecule is CCOC(=O)CC(Br)C(=O)c1ccsc1. The Morgan fingerprint density at radius 3 is 2.87 bits per heavy atom. The Labute approximate surface area is 101 Å². The molecule has 0 bridgehead atoms. The summed E-state index contributed by atoms with van der Waals surface area (Å²) >= 11 is 4.65. The van der Waals surface area contributed by atoms with E-state index < -0.39 is 4.83 Å². The Kier molecular flexibility index (Phi) is 4.98. The van der Waals surface area contributed by atoms with E-state index in [1.807, 2.05) is 5.38 Å². The van der Waals surface area contributed by atoms with Gasteiger partial charge in [0.15, 0.2) is 5.78 Å². The van der Waals surface area contributed by atoms with Crippen LogP contribution < -0.4 is 0 Å². The molecule has 1 rings (SSSR count). The van der Waals surface area contributed by atoms with Gasteiger partial charge in [-0.2, -0.15) is 11.3 Å². The highest BCUT2D eigenvalue weighted by Crippen LogP contribution is 2.16. The molecule has 0 aliphatic heterocycles. The first-order valence-electron chi connectivity index (χ1n) is 4.51. The van der Waals surface area contributed by atoms with Crippen LogP contribution in [0.2, 0.25) is 0 Å². The average Bonchev–Trinajstić information content (AvgIpc) is 2.69. The summed E-state index contributed by atoms with van der Waals surface area (Å²) in [7, 11) is 0. The summed E-state index contributed by atoms with van der Waals surface area (Å²) in [5, 5.41) is 3.60. The third-order valence-corrected chi connectivity index (χ3v) is 3.16. The Morgan fingerprint density at radius 1 is 1.60 bits per heavy atom. The van der Waals surface area contributed by atoms with E-state index in [2.05, 4.69) is 15.9 Å². The minimum absolute atomic E-state index is 0.0719. The van der Waals surface area contributed by atoms with Crippen LogP contribution in [0.15, 0.2) is 16.8 Å². The molecule has 1 aromatic rings. The predicted molar refractivity (Wildman–Crippen MR) is 62.6 cm³/mol. The molecular weight excluding hydrogens is 280 g/mol. The summed E-state index contributed by atoms with van der Waals surface area (Å²) in [6.07, 6.45) is 0.0719. The maximum atomic E-state index is 11.7. The molecular formula is C10H11BrO3S. The molecule has 1 heterocycles. The van der Waals surface area contributed by atoms with Crippen LogP contribution in [0.3, 0.4) is 0 Å². The molecule has 0 N–H and O–H groups in total. The molecule has 0 fully saturated rings. The van der Waals surface area contributed by atoms with Crippen molar-refractivity contribution < 1.29 is 14.3 Å². The maximum absolute atomic E-state index is 11.7. The number of esters is 1. The predicted octanol–water partition coefficient (Wildman–Crippen LogP) is 2.65. The highest BCUT2D eigenvalue weighted by molar-refractivity contribution is 9.10. The Morgan fingerprint density at radius 2 is 2.33 bits per heavy atom. The first kappa shape index (κ1) is 12.4. The molecule has 0 radical (unpaired) electrons. The highest BCUT2D eigenvalue weighted by atomic mass is 79.9. The third-order valence-electron chi connectivity index (χ3n) is 1.74. The lowest BCUT2D eigenvalue weighted by Crippen LogP contribution is -2.19. The van der Waals surface area contributed by atoms with Gasteiger partial charge in [0.25, 0.3) is 0 Å². The van der Waals surface area contributed by atoms with Crippen molar-refractivity contribution in [1.29, 1.82) is 0 Å². The number of ether oxygens (including phenoxy) is 1. The Bertz CT molecular complexity index is 334. The van der Waals surface area contributed by atoms with E-state index in [-0.39, 0.29) is 18.2 Å². The summed E-state index contributed by atoms with van der Waals surface area (Å²) < 4.78 is 4.76. The van der Waals surface area contributed by atoms with Crippen LogP contribution in [0.5, 0.6) is 0 Å². The summed E-state index contributed by atoms with van der Waals surface area (Å²) in [5.41, 5.74) is 0.631. The Hall–Kier alpha value is -0.680. The Balaban J connectivity index is 2.51. The van der Waals surface area contributed by atoms with Crippen molar-refractivity contribution in [2.45, 2.75) is 18.2 Å². The van der Waals surface area contributed by atoms with Gasteiger partial charge in [-0.15, -0.1) is 0 Å². The molecule has 0 amide bonds. The minimum Gasteiger partial charge on any atom is -0.466 e. The van der Waals surface area contributed by atoms with E-state index in [9.17, 15) is 9.59 Å².